The van der Waals surface area contributed by atoms with Gasteiger partial charge in [0, 0.05) is 10.9 Å². The highest BCUT2D eigenvalue weighted by molar-refractivity contribution is 7.93. The Labute approximate surface area is 163 Å². The van der Waals surface area contributed by atoms with Gasteiger partial charge in [-0.2, -0.15) is 0 Å². The standard InChI is InChI=1S/C21H19NO5S/c1-2-26-18-11-4-3-7-16(18)14-27-20(23)13-22-17-10-5-8-15-9-6-12-19(21(15)17)28(22,24)25/h3-12H,2,13-14H2,1H3. The maximum absolute atomic E-state index is 12.9. The van der Waals surface area contributed by atoms with Crippen molar-refractivity contribution in [2.75, 3.05) is 17.5 Å². The smallest absolute Gasteiger partial charge is 0.327 e. The second-order valence-corrected chi connectivity index (χ2v) is 8.18. The maximum Gasteiger partial charge on any atom is 0.327 e. The Morgan fingerprint density at radius 2 is 1.75 bits per heavy atom. The molecule has 0 amide bonds. The average molecular weight is 397 g/mol. The molecule has 0 saturated carbocycles. The Bertz CT molecular complexity index is 1150. The molecule has 1 aliphatic heterocycles. The van der Waals surface area contributed by atoms with Gasteiger partial charge in [-0.1, -0.05) is 42.5 Å². The molecule has 4 rings (SSSR count). The Kier molecular flexibility index (Phi) is 4.68. The zero-order chi connectivity index (χ0) is 19.7. The van der Waals surface area contributed by atoms with Crippen LogP contribution in [0.25, 0.3) is 10.8 Å². The van der Waals surface area contributed by atoms with Gasteiger partial charge in [0.1, 0.15) is 18.9 Å². The highest BCUT2D eigenvalue weighted by Crippen LogP contribution is 2.41. The molecule has 0 bridgehead atoms. The molecule has 28 heavy (non-hydrogen) atoms. The van der Waals surface area contributed by atoms with Crippen molar-refractivity contribution in [1.82, 2.24) is 0 Å². The number of ether oxygens (including phenoxy) is 2. The third kappa shape index (κ3) is 3.07. The number of carbonyl (C=O) groups excluding carboxylic acids is 1. The summed E-state index contributed by atoms with van der Waals surface area (Å²) in [6, 6.07) is 17.7. The summed E-state index contributed by atoms with van der Waals surface area (Å²) in [6.45, 7) is 2.01. The second kappa shape index (κ2) is 7.16. The third-order valence-corrected chi connectivity index (χ3v) is 6.42. The van der Waals surface area contributed by atoms with E-state index < -0.39 is 16.0 Å². The first-order valence-electron chi connectivity index (χ1n) is 8.93. The zero-order valence-corrected chi connectivity index (χ0v) is 16.1. The number of hydrogen-bond donors (Lipinski definition) is 0. The topological polar surface area (TPSA) is 72.9 Å². The van der Waals surface area contributed by atoms with Crippen LogP contribution in [-0.2, 0) is 26.2 Å². The van der Waals surface area contributed by atoms with Gasteiger partial charge in [-0.25, -0.2) is 8.42 Å². The number of anilines is 1. The van der Waals surface area contributed by atoms with E-state index in [1.165, 1.54) is 0 Å². The van der Waals surface area contributed by atoms with Crippen LogP contribution in [0.5, 0.6) is 5.75 Å². The Hall–Kier alpha value is -3.06. The van der Waals surface area contributed by atoms with Gasteiger partial charge in [-0.3, -0.25) is 9.10 Å². The van der Waals surface area contributed by atoms with Crippen molar-refractivity contribution in [3.05, 3.63) is 66.2 Å². The van der Waals surface area contributed by atoms with Gasteiger partial charge in [-0.15, -0.1) is 0 Å². The highest BCUT2D eigenvalue weighted by Gasteiger charge is 2.36. The molecule has 0 unspecified atom stereocenters. The van der Waals surface area contributed by atoms with Gasteiger partial charge in [0.25, 0.3) is 10.0 Å². The van der Waals surface area contributed by atoms with Gasteiger partial charge in [-0.05, 0) is 30.5 Å². The van der Waals surface area contributed by atoms with Gasteiger partial charge >= 0.3 is 5.97 Å². The van der Waals surface area contributed by atoms with Crippen LogP contribution in [0.3, 0.4) is 0 Å². The van der Waals surface area contributed by atoms with Crippen LogP contribution >= 0.6 is 0 Å². The molecule has 0 aromatic heterocycles. The average Bonchev–Trinajstić information content (AvgIpc) is 2.91. The fraction of sp³-hybridized carbons (Fsp3) is 0.190. The number of nitrogens with zero attached hydrogens (tertiary/aromatic N) is 1. The number of hydrogen-bond acceptors (Lipinski definition) is 5. The van der Waals surface area contributed by atoms with Crippen LogP contribution in [0, 0.1) is 0 Å². The van der Waals surface area contributed by atoms with Crippen molar-refractivity contribution in [3.63, 3.8) is 0 Å². The number of para-hydroxylation sites is 1. The van der Waals surface area contributed by atoms with Gasteiger partial charge < -0.3 is 9.47 Å². The molecule has 0 atom stereocenters. The summed E-state index contributed by atoms with van der Waals surface area (Å²) in [6.07, 6.45) is 0. The summed E-state index contributed by atoms with van der Waals surface area (Å²) in [5.74, 6) is 0.0171. The predicted octanol–water partition coefficient (Wildman–Crippen LogP) is 3.49. The monoisotopic (exact) mass is 397 g/mol. The summed E-state index contributed by atoms with van der Waals surface area (Å²) < 4.78 is 37.8. The first-order chi connectivity index (χ1) is 13.5. The minimum Gasteiger partial charge on any atom is -0.493 e. The molecule has 7 heteroatoms. The van der Waals surface area contributed by atoms with E-state index in [0.29, 0.717) is 23.4 Å². The summed E-state index contributed by atoms with van der Waals surface area (Å²) in [7, 11) is -3.79. The van der Waals surface area contributed by atoms with E-state index in [1.807, 2.05) is 37.3 Å². The van der Waals surface area contributed by atoms with Crippen LogP contribution in [0.2, 0.25) is 0 Å². The number of esters is 1. The molecule has 0 fully saturated rings. The Morgan fingerprint density at radius 1 is 1.00 bits per heavy atom. The predicted molar refractivity (Wildman–Crippen MR) is 106 cm³/mol. The number of carbonyl (C=O) groups is 1. The molecule has 1 heterocycles. The summed E-state index contributed by atoms with van der Waals surface area (Å²) >= 11 is 0. The molecular weight excluding hydrogens is 378 g/mol. The lowest BCUT2D eigenvalue weighted by Crippen LogP contribution is -2.33. The lowest BCUT2D eigenvalue weighted by Gasteiger charge is -2.18. The molecule has 3 aromatic rings. The van der Waals surface area contributed by atoms with E-state index in [-0.39, 0.29) is 18.0 Å². The van der Waals surface area contributed by atoms with Crippen molar-refractivity contribution >= 4 is 32.5 Å². The normalized spacial score (nSPS) is 14.2. The number of sulfonamides is 1. The maximum atomic E-state index is 12.9. The molecule has 0 N–H and O–H groups in total. The van der Waals surface area contributed by atoms with Crippen molar-refractivity contribution in [2.45, 2.75) is 18.4 Å². The molecule has 0 spiro atoms. The summed E-state index contributed by atoms with van der Waals surface area (Å²) in [4.78, 5) is 12.6. The van der Waals surface area contributed by atoms with Crippen LogP contribution in [0.4, 0.5) is 5.69 Å². The van der Waals surface area contributed by atoms with Crippen LogP contribution in [-0.4, -0.2) is 27.5 Å². The fourth-order valence-electron chi connectivity index (χ4n) is 3.37. The molecule has 0 aliphatic carbocycles. The van der Waals surface area contributed by atoms with E-state index in [9.17, 15) is 13.2 Å². The number of rotatable bonds is 6. The molecule has 144 valence electrons. The fourth-order valence-corrected chi connectivity index (χ4v) is 5.02. The highest BCUT2D eigenvalue weighted by atomic mass is 32.2. The first-order valence-corrected chi connectivity index (χ1v) is 10.4. The van der Waals surface area contributed by atoms with Crippen molar-refractivity contribution < 1.29 is 22.7 Å². The van der Waals surface area contributed by atoms with E-state index >= 15 is 0 Å². The first kappa shape index (κ1) is 18.3. The van der Waals surface area contributed by atoms with Crippen molar-refractivity contribution in [3.8, 4) is 5.75 Å². The van der Waals surface area contributed by atoms with E-state index in [4.69, 9.17) is 9.47 Å². The van der Waals surface area contributed by atoms with Crippen LogP contribution in [0.1, 0.15) is 12.5 Å². The Morgan fingerprint density at radius 3 is 2.54 bits per heavy atom. The molecule has 0 saturated heterocycles. The minimum absolute atomic E-state index is 0.0139. The summed E-state index contributed by atoms with van der Waals surface area (Å²) in [5.41, 5.74) is 1.23. The second-order valence-electron chi connectivity index (χ2n) is 6.34. The Balaban J connectivity index is 1.54. The van der Waals surface area contributed by atoms with Crippen molar-refractivity contribution in [2.24, 2.45) is 0 Å². The van der Waals surface area contributed by atoms with E-state index in [0.717, 1.165) is 15.3 Å². The van der Waals surface area contributed by atoms with E-state index in [1.54, 1.807) is 30.3 Å². The summed E-state index contributed by atoms with van der Waals surface area (Å²) in [5, 5.41) is 1.46. The molecule has 3 aromatic carbocycles. The largest absolute Gasteiger partial charge is 0.493 e. The van der Waals surface area contributed by atoms with E-state index in [2.05, 4.69) is 0 Å². The van der Waals surface area contributed by atoms with Crippen LogP contribution < -0.4 is 9.04 Å². The number of benzene rings is 3. The molecular formula is C21H19NO5S. The molecule has 6 nitrogen and oxygen atoms in total. The zero-order valence-electron chi connectivity index (χ0n) is 15.3. The van der Waals surface area contributed by atoms with Gasteiger partial charge in [0.15, 0.2) is 0 Å². The van der Waals surface area contributed by atoms with Crippen LogP contribution in [0.15, 0.2) is 65.6 Å². The molecule has 1 aliphatic rings. The van der Waals surface area contributed by atoms with Gasteiger partial charge in [0.2, 0.25) is 0 Å². The quantitative estimate of drug-likeness (QED) is 0.596. The minimum atomic E-state index is -3.79. The van der Waals surface area contributed by atoms with Gasteiger partial charge in [0.05, 0.1) is 17.2 Å². The molecule has 0 radical (unpaired) electrons. The lowest BCUT2D eigenvalue weighted by molar-refractivity contribution is -0.143. The third-order valence-electron chi connectivity index (χ3n) is 4.62. The van der Waals surface area contributed by atoms with Crippen molar-refractivity contribution in [1.29, 1.82) is 0 Å². The SMILES string of the molecule is CCOc1ccccc1COC(=O)CN1c2cccc3cccc(c23)S1(=O)=O. The lowest BCUT2D eigenvalue weighted by atomic mass is 10.1.